The van der Waals surface area contributed by atoms with Gasteiger partial charge in [0.15, 0.2) is 0 Å². The lowest BCUT2D eigenvalue weighted by Crippen LogP contribution is -2.42. The number of ether oxygens (including phenoxy) is 1. The predicted octanol–water partition coefficient (Wildman–Crippen LogP) is 3.40. The summed E-state index contributed by atoms with van der Waals surface area (Å²) in [5.74, 6) is -0.597. The minimum atomic E-state index is -5.74. The molecule has 0 amide bonds. The van der Waals surface area contributed by atoms with E-state index in [1.54, 1.807) is 0 Å². The van der Waals surface area contributed by atoms with Crippen LogP contribution in [0.3, 0.4) is 0 Å². The van der Waals surface area contributed by atoms with Crippen molar-refractivity contribution < 1.29 is 26.7 Å². The van der Waals surface area contributed by atoms with E-state index in [2.05, 4.69) is 11.7 Å². The molecule has 1 rings (SSSR count). The summed E-state index contributed by atoms with van der Waals surface area (Å²) in [5.41, 5.74) is -0.0403. The van der Waals surface area contributed by atoms with E-state index in [1.807, 2.05) is 0 Å². The molecule has 0 atom stereocenters. The molecule has 0 aliphatic carbocycles. The minimum Gasteiger partial charge on any atom is -0.425 e. The molecule has 0 N–H and O–H groups in total. The Kier molecular flexibility index (Phi) is 2.88. The van der Waals surface area contributed by atoms with Crippen LogP contribution in [0.4, 0.5) is 22.0 Å². The van der Waals surface area contributed by atoms with Crippen molar-refractivity contribution >= 4 is 0 Å². The fourth-order valence-corrected chi connectivity index (χ4v) is 0.799. The van der Waals surface area contributed by atoms with Crippen LogP contribution in [0.25, 0.3) is 0 Å². The van der Waals surface area contributed by atoms with Crippen LogP contribution in [0.15, 0.2) is 24.3 Å². The lowest BCUT2D eigenvalue weighted by atomic mass is 10.2. The molecule has 0 bridgehead atoms. The molecule has 15 heavy (non-hydrogen) atoms. The molecule has 0 unspecified atom stereocenters. The van der Waals surface area contributed by atoms with Crippen LogP contribution in [-0.4, -0.2) is 12.3 Å². The largest absolute Gasteiger partial charge is 0.499 e. The van der Waals surface area contributed by atoms with Gasteiger partial charge >= 0.3 is 12.3 Å². The molecule has 1 radical (unpaired) electrons. The fourth-order valence-electron chi connectivity index (χ4n) is 0.799. The zero-order chi connectivity index (χ0) is 11.7. The van der Waals surface area contributed by atoms with Gasteiger partial charge in [-0.15, -0.1) is 0 Å². The van der Waals surface area contributed by atoms with Gasteiger partial charge in [-0.2, -0.15) is 22.0 Å². The van der Waals surface area contributed by atoms with Crippen molar-refractivity contribution in [1.82, 2.24) is 0 Å². The van der Waals surface area contributed by atoms with Crippen molar-refractivity contribution in [3.63, 3.8) is 0 Å². The van der Waals surface area contributed by atoms with Gasteiger partial charge in [-0.3, -0.25) is 0 Å². The van der Waals surface area contributed by atoms with E-state index in [1.165, 1.54) is 18.2 Å². The first-order chi connectivity index (χ1) is 6.74. The molecule has 0 fully saturated rings. The van der Waals surface area contributed by atoms with Gasteiger partial charge in [0, 0.05) is 0 Å². The highest BCUT2D eigenvalue weighted by Gasteiger charge is 2.61. The summed E-state index contributed by atoms with van der Waals surface area (Å²) in [5, 5.41) is 0. The molecule has 1 aromatic rings. The molecule has 0 heterocycles. The maximum Gasteiger partial charge on any atom is 0.499 e. The average Bonchev–Trinajstić information content (AvgIpc) is 2.06. The van der Waals surface area contributed by atoms with Gasteiger partial charge in [-0.1, -0.05) is 18.2 Å². The molecule has 1 nitrogen and oxygen atoms in total. The Morgan fingerprint density at radius 3 is 2.00 bits per heavy atom. The Labute approximate surface area is 82.5 Å². The molecule has 0 aromatic heterocycles. The lowest BCUT2D eigenvalue weighted by Gasteiger charge is -2.20. The van der Waals surface area contributed by atoms with E-state index >= 15 is 0 Å². The van der Waals surface area contributed by atoms with Gasteiger partial charge in [-0.25, -0.2) is 0 Å². The zero-order valence-corrected chi connectivity index (χ0v) is 7.31. The summed E-state index contributed by atoms with van der Waals surface area (Å²) in [7, 11) is 0. The third-order valence-corrected chi connectivity index (χ3v) is 1.54. The van der Waals surface area contributed by atoms with Crippen LogP contribution < -0.4 is 4.74 Å². The molecular weight excluding hydrogens is 219 g/mol. The molecule has 0 spiro atoms. The Morgan fingerprint density at radius 1 is 1.00 bits per heavy atom. The summed E-state index contributed by atoms with van der Waals surface area (Å²) in [6.45, 7) is 3.26. The Balaban J connectivity index is 2.92. The van der Waals surface area contributed by atoms with Crippen molar-refractivity contribution in [2.75, 3.05) is 0 Å². The second-order valence-electron chi connectivity index (χ2n) is 2.72. The molecule has 6 heteroatoms. The molecule has 1 aromatic carbocycles. The minimum absolute atomic E-state index is 0.0403. The quantitative estimate of drug-likeness (QED) is 0.701. The summed E-state index contributed by atoms with van der Waals surface area (Å²) < 4.78 is 63.7. The van der Waals surface area contributed by atoms with Crippen molar-refractivity contribution in [1.29, 1.82) is 0 Å². The van der Waals surface area contributed by atoms with Crippen molar-refractivity contribution in [2.45, 2.75) is 12.3 Å². The highest BCUT2D eigenvalue weighted by molar-refractivity contribution is 5.35. The van der Waals surface area contributed by atoms with E-state index < -0.39 is 18.0 Å². The van der Waals surface area contributed by atoms with Gasteiger partial charge in [0.05, 0.1) is 0 Å². The summed E-state index contributed by atoms with van der Waals surface area (Å²) in [6, 6.07) is 4.97. The van der Waals surface area contributed by atoms with Crippen molar-refractivity contribution in [3.05, 3.63) is 36.8 Å². The normalized spacial score (nSPS) is 12.7. The maximum atomic E-state index is 12.4. The van der Waals surface area contributed by atoms with E-state index in [-0.39, 0.29) is 5.56 Å². The zero-order valence-electron chi connectivity index (χ0n) is 7.31. The average molecular weight is 225 g/mol. The Bertz CT molecular complexity index is 345. The van der Waals surface area contributed by atoms with Crippen LogP contribution >= 0.6 is 0 Å². The van der Waals surface area contributed by atoms with Crippen LogP contribution in [0.5, 0.6) is 5.75 Å². The van der Waals surface area contributed by atoms with E-state index in [9.17, 15) is 22.0 Å². The number of rotatable bonds is 2. The molecule has 0 saturated heterocycles. The van der Waals surface area contributed by atoms with E-state index in [0.717, 1.165) is 6.07 Å². The first-order valence-electron chi connectivity index (χ1n) is 3.78. The van der Waals surface area contributed by atoms with Crippen LogP contribution in [0.1, 0.15) is 5.56 Å². The number of benzene rings is 1. The first-order valence-corrected chi connectivity index (χ1v) is 3.78. The monoisotopic (exact) mass is 225 g/mol. The molecule has 0 aliphatic rings. The Hall–Kier alpha value is -1.33. The SMILES string of the molecule is [CH2]c1ccccc1OC(F)(F)C(F)(F)F. The van der Waals surface area contributed by atoms with Gasteiger partial charge in [0.1, 0.15) is 5.75 Å². The summed E-state index contributed by atoms with van der Waals surface area (Å²) in [6.07, 6.45) is -10.9. The maximum absolute atomic E-state index is 12.4. The van der Waals surface area contributed by atoms with Gasteiger partial charge in [0.2, 0.25) is 0 Å². The van der Waals surface area contributed by atoms with Crippen LogP contribution in [0, 0.1) is 6.92 Å². The number of halogens is 5. The van der Waals surface area contributed by atoms with Gasteiger partial charge in [0.25, 0.3) is 0 Å². The molecule has 0 saturated carbocycles. The topological polar surface area (TPSA) is 9.23 Å². The third-order valence-electron chi connectivity index (χ3n) is 1.54. The number of hydrogen-bond donors (Lipinski definition) is 0. The summed E-state index contributed by atoms with van der Waals surface area (Å²) in [4.78, 5) is 0. The van der Waals surface area contributed by atoms with Crippen molar-refractivity contribution in [3.8, 4) is 5.75 Å². The van der Waals surface area contributed by atoms with Crippen LogP contribution in [-0.2, 0) is 0 Å². The first kappa shape index (κ1) is 11.7. The predicted molar refractivity (Wildman–Crippen MR) is 42.5 cm³/mol. The molecule has 83 valence electrons. The highest BCUT2D eigenvalue weighted by atomic mass is 19.4. The standard InChI is InChI=1S/C9H6F5O/c1-6-4-2-3-5-7(6)15-9(13,14)8(10,11)12/h2-5H,1H2. The van der Waals surface area contributed by atoms with Crippen molar-refractivity contribution in [2.24, 2.45) is 0 Å². The fraction of sp³-hybridized carbons (Fsp3) is 0.222. The molecular formula is C9H6F5O. The van der Waals surface area contributed by atoms with Crippen LogP contribution in [0.2, 0.25) is 0 Å². The third kappa shape index (κ3) is 2.57. The van der Waals surface area contributed by atoms with Gasteiger partial charge in [-0.05, 0) is 18.6 Å². The highest BCUT2D eigenvalue weighted by Crippen LogP contribution is 2.37. The number of alkyl halides is 5. The van der Waals surface area contributed by atoms with E-state index in [0.29, 0.717) is 0 Å². The summed E-state index contributed by atoms with van der Waals surface area (Å²) >= 11 is 0. The van der Waals surface area contributed by atoms with E-state index in [4.69, 9.17) is 0 Å². The van der Waals surface area contributed by atoms with Gasteiger partial charge < -0.3 is 4.74 Å². The smallest absolute Gasteiger partial charge is 0.425 e. The molecule has 0 aliphatic heterocycles. The number of hydrogen-bond acceptors (Lipinski definition) is 1. The lowest BCUT2D eigenvalue weighted by molar-refractivity contribution is -0.360. The Morgan fingerprint density at radius 2 is 1.53 bits per heavy atom. The second kappa shape index (κ2) is 3.67. The number of para-hydroxylation sites is 1. The second-order valence-corrected chi connectivity index (χ2v) is 2.72.